The molecule has 1 aliphatic carbocycles. The largest absolute Gasteiger partial charge is 0.341 e. The smallest absolute Gasteiger partial charge is 0.255 e. The van der Waals surface area contributed by atoms with Gasteiger partial charge < -0.3 is 4.90 Å². The number of carbonyl (C=O) groups is 1. The summed E-state index contributed by atoms with van der Waals surface area (Å²) >= 11 is 5.97. The van der Waals surface area contributed by atoms with Crippen LogP contribution < -0.4 is 0 Å². The Morgan fingerprint density at radius 2 is 2.13 bits per heavy atom. The zero-order chi connectivity index (χ0) is 10.8. The highest BCUT2D eigenvalue weighted by atomic mass is 35.5. The Balaban J connectivity index is 2.08. The zero-order valence-electron chi connectivity index (χ0n) is 8.74. The molecule has 0 unspecified atom stereocenters. The Labute approximate surface area is 94.8 Å². The number of amides is 1. The molecule has 2 nitrogen and oxygen atoms in total. The maximum Gasteiger partial charge on any atom is 0.255 e. The van der Waals surface area contributed by atoms with Crippen LogP contribution in [0, 0.1) is 5.92 Å². The van der Waals surface area contributed by atoms with Crippen molar-refractivity contribution < 1.29 is 4.79 Å². The molecule has 15 heavy (non-hydrogen) atoms. The molecule has 0 aliphatic heterocycles. The molecule has 0 saturated heterocycles. The fraction of sp³-hybridized carbons (Fsp3) is 0.417. The third-order valence-corrected chi connectivity index (χ3v) is 3.01. The molecule has 3 heteroatoms. The predicted octanol–water partition coefficient (Wildman–Crippen LogP) is 2.82. The summed E-state index contributed by atoms with van der Waals surface area (Å²) in [4.78, 5) is 13.7. The molecule has 1 aromatic carbocycles. The third-order valence-electron chi connectivity index (χ3n) is 2.68. The van der Waals surface area contributed by atoms with E-state index in [1.807, 2.05) is 19.2 Å². The first-order chi connectivity index (χ1) is 7.18. The van der Waals surface area contributed by atoms with E-state index in [9.17, 15) is 4.79 Å². The number of carbonyl (C=O) groups excluding carboxylic acids is 1. The highest BCUT2D eigenvalue weighted by Gasteiger charge is 2.25. The molecule has 0 radical (unpaired) electrons. The van der Waals surface area contributed by atoms with Gasteiger partial charge in [-0.15, -0.1) is 0 Å². The molecule has 1 aliphatic rings. The van der Waals surface area contributed by atoms with Gasteiger partial charge in [0.15, 0.2) is 0 Å². The Bertz CT molecular complexity index is 374. The van der Waals surface area contributed by atoms with Crippen molar-refractivity contribution in [2.45, 2.75) is 12.8 Å². The van der Waals surface area contributed by atoms with Crippen LogP contribution in [-0.4, -0.2) is 24.4 Å². The Hall–Kier alpha value is -1.02. The minimum absolute atomic E-state index is 0.0208. The summed E-state index contributed by atoms with van der Waals surface area (Å²) in [5.74, 6) is 0.730. The van der Waals surface area contributed by atoms with Crippen LogP contribution in [0.2, 0.25) is 5.02 Å². The van der Waals surface area contributed by atoms with Crippen molar-refractivity contribution in [2.24, 2.45) is 5.92 Å². The van der Waals surface area contributed by atoms with E-state index >= 15 is 0 Å². The average molecular weight is 224 g/mol. The van der Waals surface area contributed by atoms with Gasteiger partial charge >= 0.3 is 0 Å². The van der Waals surface area contributed by atoms with Crippen LogP contribution in [0.15, 0.2) is 24.3 Å². The van der Waals surface area contributed by atoms with E-state index in [1.165, 1.54) is 12.8 Å². The molecule has 1 saturated carbocycles. The van der Waals surface area contributed by atoms with Crippen LogP contribution in [0.5, 0.6) is 0 Å². The fourth-order valence-electron chi connectivity index (χ4n) is 1.61. The molecule has 1 fully saturated rings. The number of hydrogen-bond donors (Lipinski definition) is 0. The van der Waals surface area contributed by atoms with Crippen LogP contribution in [0.4, 0.5) is 0 Å². The molecular formula is C12H14ClNO. The SMILES string of the molecule is CN(CC1CC1)C(=O)c1ccccc1Cl. The molecule has 1 amide bonds. The van der Waals surface area contributed by atoms with E-state index in [1.54, 1.807) is 17.0 Å². The molecule has 0 bridgehead atoms. The molecular weight excluding hydrogens is 210 g/mol. The average Bonchev–Trinajstić information content (AvgIpc) is 3.01. The van der Waals surface area contributed by atoms with Gasteiger partial charge in [0.1, 0.15) is 0 Å². The van der Waals surface area contributed by atoms with Gasteiger partial charge in [0.2, 0.25) is 0 Å². The van der Waals surface area contributed by atoms with Gasteiger partial charge in [-0.1, -0.05) is 23.7 Å². The maximum atomic E-state index is 12.0. The summed E-state index contributed by atoms with van der Waals surface area (Å²) < 4.78 is 0. The topological polar surface area (TPSA) is 20.3 Å². The fourth-order valence-corrected chi connectivity index (χ4v) is 1.83. The molecule has 0 N–H and O–H groups in total. The minimum atomic E-state index is 0.0208. The van der Waals surface area contributed by atoms with Gasteiger partial charge in [0.25, 0.3) is 5.91 Å². The van der Waals surface area contributed by atoms with Crippen LogP contribution in [0.1, 0.15) is 23.2 Å². The highest BCUT2D eigenvalue weighted by molar-refractivity contribution is 6.33. The minimum Gasteiger partial charge on any atom is -0.341 e. The highest BCUT2D eigenvalue weighted by Crippen LogP contribution is 2.30. The second-order valence-corrected chi connectivity index (χ2v) is 4.52. The van der Waals surface area contributed by atoms with Crippen molar-refractivity contribution in [3.05, 3.63) is 34.9 Å². The summed E-state index contributed by atoms with van der Waals surface area (Å²) in [6.45, 7) is 0.851. The van der Waals surface area contributed by atoms with Crippen LogP contribution in [-0.2, 0) is 0 Å². The third kappa shape index (κ3) is 2.51. The van der Waals surface area contributed by atoms with E-state index < -0.39 is 0 Å². The summed E-state index contributed by atoms with van der Waals surface area (Å²) in [7, 11) is 1.84. The number of benzene rings is 1. The van der Waals surface area contributed by atoms with Crippen LogP contribution in [0.3, 0.4) is 0 Å². The van der Waals surface area contributed by atoms with Gasteiger partial charge in [-0.25, -0.2) is 0 Å². The molecule has 0 spiro atoms. The molecule has 2 rings (SSSR count). The normalized spacial score (nSPS) is 15.1. The standard InChI is InChI=1S/C12H14ClNO/c1-14(8-9-6-7-9)12(15)10-4-2-3-5-11(10)13/h2-5,9H,6-8H2,1H3. The lowest BCUT2D eigenvalue weighted by Gasteiger charge is -2.17. The van der Waals surface area contributed by atoms with Crippen molar-refractivity contribution in [3.63, 3.8) is 0 Å². The van der Waals surface area contributed by atoms with Gasteiger partial charge in [-0.2, -0.15) is 0 Å². The lowest BCUT2D eigenvalue weighted by Crippen LogP contribution is -2.28. The molecule has 0 atom stereocenters. The first kappa shape index (κ1) is 10.5. The number of halogens is 1. The molecule has 1 aromatic rings. The number of rotatable bonds is 3. The van der Waals surface area contributed by atoms with Gasteiger partial charge in [0.05, 0.1) is 10.6 Å². The Kier molecular flexibility index (Phi) is 2.96. The van der Waals surface area contributed by atoms with E-state index in [-0.39, 0.29) is 5.91 Å². The number of nitrogens with zero attached hydrogens (tertiary/aromatic N) is 1. The van der Waals surface area contributed by atoms with E-state index in [2.05, 4.69) is 0 Å². The predicted molar refractivity (Wildman–Crippen MR) is 61.1 cm³/mol. The quantitative estimate of drug-likeness (QED) is 0.772. The molecule has 0 aromatic heterocycles. The number of hydrogen-bond acceptors (Lipinski definition) is 1. The first-order valence-corrected chi connectivity index (χ1v) is 5.56. The lowest BCUT2D eigenvalue weighted by atomic mass is 10.2. The van der Waals surface area contributed by atoms with Crippen molar-refractivity contribution in [2.75, 3.05) is 13.6 Å². The van der Waals surface area contributed by atoms with Gasteiger partial charge in [-0.3, -0.25) is 4.79 Å². The van der Waals surface area contributed by atoms with Crippen molar-refractivity contribution in [1.29, 1.82) is 0 Å². The maximum absolute atomic E-state index is 12.0. The first-order valence-electron chi connectivity index (χ1n) is 5.18. The van der Waals surface area contributed by atoms with E-state index in [0.717, 1.165) is 6.54 Å². The van der Waals surface area contributed by atoms with Crippen LogP contribution >= 0.6 is 11.6 Å². The van der Waals surface area contributed by atoms with Crippen molar-refractivity contribution in [1.82, 2.24) is 4.90 Å². The monoisotopic (exact) mass is 223 g/mol. The van der Waals surface area contributed by atoms with Crippen molar-refractivity contribution >= 4 is 17.5 Å². The Morgan fingerprint density at radius 1 is 1.47 bits per heavy atom. The summed E-state index contributed by atoms with van der Waals surface area (Å²) in [5, 5.41) is 0.533. The second kappa shape index (κ2) is 4.23. The summed E-state index contributed by atoms with van der Waals surface area (Å²) in [5.41, 5.74) is 0.599. The summed E-state index contributed by atoms with van der Waals surface area (Å²) in [6, 6.07) is 7.19. The lowest BCUT2D eigenvalue weighted by molar-refractivity contribution is 0.0789. The summed E-state index contributed by atoms with van der Waals surface area (Å²) in [6.07, 6.45) is 2.50. The van der Waals surface area contributed by atoms with Gasteiger partial charge in [0, 0.05) is 13.6 Å². The molecule has 80 valence electrons. The second-order valence-electron chi connectivity index (χ2n) is 4.11. The van der Waals surface area contributed by atoms with E-state index in [4.69, 9.17) is 11.6 Å². The van der Waals surface area contributed by atoms with Crippen LogP contribution in [0.25, 0.3) is 0 Å². The Morgan fingerprint density at radius 3 is 2.73 bits per heavy atom. The molecule has 0 heterocycles. The zero-order valence-corrected chi connectivity index (χ0v) is 9.50. The van der Waals surface area contributed by atoms with E-state index in [0.29, 0.717) is 16.5 Å². The van der Waals surface area contributed by atoms with Gasteiger partial charge in [-0.05, 0) is 30.9 Å². The van der Waals surface area contributed by atoms with Crippen molar-refractivity contribution in [3.8, 4) is 0 Å².